The third kappa shape index (κ3) is 3.46. The molecule has 1 aliphatic rings. The maximum atomic E-state index is 11.7. The van der Waals surface area contributed by atoms with Gasteiger partial charge in [0.1, 0.15) is 17.4 Å². The lowest BCUT2D eigenvalue weighted by Crippen LogP contribution is -2.35. The maximum absolute atomic E-state index is 11.7. The summed E-state index contributed by atoms with van der Waals surface area (Å²) < 4.78 is 0. The number of carbonyl (C=O) groups excluding carboxylic acids is 1. The Kier molecular flexibility index (Phi) is 4.91. The highest BCUT2D eigenvalue weighted by molar-refractivity contribution is 7.09. The van der Waals surface area contributed by atoms with Crippen molar-refractivity contribution in [1.29, 1.82) is 0 Å². The first-order valence-corrected chi connectivity index (χ1v) is 8.66. The second-order valence-corrected chi connectivity index (χ2v) is 6.56. The number of hydrogen-bond acceptors (Lipinski definition) is 8. The number of aromatic nitrogens is 3. The first kappa shape index (κ1) is 16.6. The Morgan fingerprint density at radius 2 is 2.25 bits per heavy atom. The third-order valence-corrected chi connectivity index (χ3v) is 4.98. The molecule has 8 nitrogen and oxygen atoms in total. The number of thiazole rings is 1. The fourth-order valence-corrected chi connectivity index (χ4v) is 3.45. The van der Waals surface area contributed by atoms with Gasteiger partial charge in [-0.15, -0.1) is 11.3 Å². The number of aliphatic hydroxyl groups excluding tert-OH is 1. The van der Waals surface area contributed by atoms with Crippen LogP contribution >= 0.6 is 11.3 Å². The van der Waals surface area contributed by atoms with Crippen molar-refractivity contribution in [2.45, 2.75) is 25.8 Å². The van der Waals surface area contributed by atoms with E-state index in [1.54, 1.807) is 22.4 Å². The van der Waals surface area contributed by atoms with Gasteiger partial charge < -0.3 is 21.1 Å². The quantitative estimate of drug-likeness (QED) is 0.741. The van der Waals surface area contributed by atoms with Crippen LogP contribution < -0.4 is 11.1 Å². The van der Waals surface area contributed by atoms with Gasteiger partial charge in [-0.2, -0.15) is 4.98 Å². The van der Waals surface area contributed by atoms with Crippen molar-refractivity contribution in [1.82, 2.24) is 19.9 Å². The molecule has 0 aliphatic carbocycles. The highest BCUT2D eigenvalue weighted by Crippen LogP contribution is 2.26. The van der Waals surface area contributed by atoms with Gasteiger partial charge in [-0.05, 0) is 13.3 Å². The molecule has 3 heterocycles. The summed E-state index contributed by atoms with van der Waals surface area (Å²) in [6.07, 6.45) is 2.98. The van der Waals surface area contributed by atoms with Gasteiger partial charge in [0.2, 0.25) is 11.9 Å². The number of fused-ring (bicyclic) bond motifs is 1. The summed E-state index contributed by atoms with van der Waals surface area (Å²) in [5.41, 5.74) is 7.68. The maximum Gasteiger partial charge on any atom is 0.248 e. The molecule has 0 aromatic carbocycles. The number of nitrogens with zero attached hydrogens (tertiary/aromatic N) is 4. The van der Waals surface area contributed by atoms with Gasteiger partial charge in [-0.3, -0.25) is 4.79 Å². The number of nitrogens with one attached hydrogen (secondary N) is 1. The fraction of sp³-hybridized carbons (Fsp3) is 0.467. The van der Waals surface area contributed by atoms with Crippen LogP contribution in [0.15, 0.2) is 11.6 Å². The molecule has 1 unspecified atom stereocenters. The van der Waals surface area contributed by atoms with Crippen LogP contribution in [0.25, 0.3) is 0 Å². The van der Waals surface area contributed by atoms with Crippen molar-refractivity contribution in [2.75, 3.05) is 30.7 Å². The molecule has 0 saturated carbocycles. The molecule has 2 aromatic rings. The van der Waals surface area contributed by atoms with Crippen molar-refractivity contribution in [3.05, 3.63) is 27.8 Å². The third-order valence-electron chi connectivity index (χ3n) is 4.02. The van der Waals surface area contributed by atoms with Crippen LogP contribution in [0.3, 0.4) is 0 Å². The van der Waals surface area contributed by atoms with Gasteiger partial charge >= 0.3 is 0 Å². The van der Waals surface area contributed by atoms with Crippen LogP contribution in [0.1, 0.15) is 29.2 Å². The Morgan fingerprint density at radius 1 is 1.46 bits per heavy atom. The number of anilines is 2. The lowest BCUT2D eigenvalue weighted by Gasteiger charge is -2.19. The number of aliphatic hydroxyl groups is 1. The molecule has 0 radical (unpaired) electrons. The number of amides is 1. The van der Waals surface area contributed by atoms with Crippen LogP contribution in [-0.4, -0.2) is 50.6 Å². The molecule has 9 heteroatoms. The minimum absolute atomic E-state index is 0.00169. The number of nitrogen functional groups attached to an aromatic ring is 1. The molecule has 128 valence electrons. The van der Waals surface area contributed by atoms with E-state index < -0.39 is 6.61 Å². The van der Waals surface area contributed by atoms with E-state index in [1.165, 1.54) is 0 Å². The zero-order valence-electron chi connectivity index (χ0n) is 13.4. The van der Waals surface area contributed by atoms with Crippen LogP contribution in [0.5, 0.6) is 0 Å². The number of rotatable bonds is 4. The molecule has 0 fully saturated rings. The van der Waals surface area contributed by atoms with Gasteiger partial charge in [-0.1, -0.05) is 0 Å². The number of nitrogens with two attached hydrogens (primary N) is 1. The molecule has 1 amide bonds. The minimum Gasteiger partial charge on any atom is -0.387 e. The van der Waals surface area contributed by atoms with Crippen LogP contribution in [-0.2, 0) is 17.6 Å². The monoisotopic (exact) mass is 348 g/mol. The van der Waals surface area contributed by atoms with Crippen LogP contribution in [0, 0.1) is 0 Å². The van der Waals surface area contributed by atoms with Crippen molar-refractivity contribution >= 4 is 29.0 Å². The lowest BCUT2D eigenvalue weighted by molar-refractivity contribution is -0.134. The van der Waals surface area contributed by atoms with E-state index in [9.17, 15) is 4.79 Å². The predicted octanol–water partition coefficient (Wildman–Crippen LogP) is 0.608. The van der Waals surface area contributed by atoms with Gasteiger partial charge in [0, 0.05) is 36.7 Å². The molecule has 0 spiro atoms. The molecular weight excluding hydrogens is 328 g/mol. The summed E-state index contributed by atoms with van der Waals surface area (Å²) in [5.74, 6) is 0.637. The summed E-state index contributed by atoms with van der Waals surface area (Å²) in [6.45, 7) is 2.59. The van der Waals surface area contributed by atoms with Crippen molar-refractivity contribution in [3.63, 3.8) is 0 Å². The van der Waals surface area contributed by atoms with E-state index in [2.05, 4.69) is 20.3 Å². The Labute approximate surface area is 143 Å². The van der Waals surface area contributed by atoms with Gasteiger partial charge in [0.05, 0.1) is 11.7 Å². The topological polar surface area (TPSA) is 117 Å². The van der Waals surface area contributed by atoms with E-state index in [4.69, 9.17) is 10.8 Å². The molecule has 1 aliphatic heterocycles. The average molecular weight is 348 g/mol. The summed E-state index contributed by atoms with van der Waals surface area (Å²) >= 11 is 1.57. The highest BCUT2D eigenvalue weighted by atomic mass is 32.1. The number of hydrogen-bond donors (Lipinski definition) is 3. The molecule has 1 atom stereocenters. The van der Waals surface area contributed by atoms with E-state index in [-0.39, 0.29) is 17.9 Å². The van der Waals surface area contributed by atoms with Gasteiger partial charge in [-0.25, -0.2) is 9.97 Å². The Bertz CT molecular complexity index is 721. The first-order chi connectivity index (χ1) is 11.6. The fourth-order valence-electron chi connectivity index (χ4n) is 2.80. The average Bonchev–Trinajstić information content (AvgIpc) is 3.02. The second kappa shape index (κ2) is 7.10. The van der Waals surface area contributed by atoms with Crippen LogP contribution in [0.2, 0.25) is 0 Å². The second-order valence-electron chi connectivity index (χ2n) is 5.63. The van der Waals surface area contributed by atoms with Gasteiger partial charge in [0.15, 0.2) is 0 Å². The van der Waals surface area contributed by atoms with Crippen molar-refractivity contribution in [3.8, 4) is 0 Å². The SMILES string of the molecule is CC(Nc1nc(N)nc2c1CCN(C(=O)CO)CC2)c1nccs1. The van der Waals surface area contributed by atoms with E-state index in [0.717, 1.165) is 16.3 Å². The molecule has 0 saturated heterocycles. The summed E-state index contributed by atoms with van der Waals surface area (Å²) in [4.78, 5) is 26.4. The molecule has 24 heavy (non-hydrogen) atoms. The highest BCUT2D eigenvalue weighted by Gasteiger charge is 2.23. The van der Waals surface area contributed by atoms with Crippen LogP contribution in [0.4, 0.5) is 11.8 Å². The normalized spacial score (nSPS) is 15.5. The van der Waals surface area contributed by atoms with Crippen molar-refractivity contribution < 1.29 is 9.90 Å². The van der Waals surface area contributed by atoms with Gasteiger partial charge in [0.25, 0.3) is 0 Å². The largest absolute Gasteiger partial charge is 0.387 e. The molecule has 0 bridgehead atoms. The van der Waals surface area contributed by atoms with Crippen molar-refractivity contribution in [2.24, 2.45) is 0 Å². The standard InChI is InChI=1S/C15H20N6O2S/c1-9(14-17-4-7-24-14)18-13-10-2-5-21(12(23)8-22)6-3-11(10)19-15(16)20-13/h4,7,9,22H,2-3,5-6,8H2,1H3,(H3,16,18,19,20). The Morgan fingerprint density at radius 3 is 2.96 bits per heavy atom. The summed E-state index contributed by atoms with van der Waals surface area (Å²) in [6, 6.07) is 0.00169. The zero-order valence-corrected chi connectivity index (χ0v) is 14.2. The molecule has 2 aromatic heterocycles. The summed E-state index contributed by atoms with van der Waals surface area (Å²) in [7, 11) is 0. The lowest BCUT2D eigenvalue weighted by atomic mass is 10.1. The molecular formula is C15H20N6O2S. The van der Waals surface area contributed by atoms with E-state index in [0.29, 0.717) is 31.7 Å². The molecule has 3 rings (SSSR count). The smallest absolute Gasteiger partial charge is 0.248 e. The summed E-state index contributed by atoms with van der Waals surface area (Å²) in [5, 5.41) is 15.3. The number of carbonyl (C=O) groups is 1. The predicted molar refractivity (Wildman–Crippen MR) is 91.7 cm³/mol. The Hall–Kier alpha value is -2.26. The van der Waals surface area contributed by atoms with E-state index in [1.807, 2.05) is 12.3 Å². The first-order valence-electron chi connectivity index (χ1n) is 7.78. The van der Waals surface area contributed by atoms with E-state index >= 15 is 0 Å². The zero-order chi connectivity index (χ0) is 17.1. The Balaban J connectivity index is 1.85. The molecule has 4 N–H and O–H groups in total. The minimum atomic E-state index is -0.476.